The molecule has 2 amide bonds. The van der Waals surface area contributed by atoms with Gasteiger partial charge in [0.2, 0.25) is 5.91 Å². The summed E-state index contributed by atoms with van der Waals surface area (Å²) in [7, 11) is 0. The van der Waals surface area contributed by atoms with E-state index >= 15 is 0 Å². The van der Waals surface area contributed by atoms with Crippen LogP contribution in [0.15, 0.2) is 24.3 Å². The highest BCUT2D eigenvalue weighted by Crippen LogP contribution is 2.17. The van der Waals surface area contributed by atoms with E-state index in [1.807, 2.05) is 13.2 Å². The van der Waals surface area contributed by atoms with Crippen molar-refractivity contribution < 1.29 is 9.59 Å². The average molecular weight is 318 g/mol. The van der Waals surface area contributed by atoms with Crippen LogP contribution in [0.1, 0.15) is 17.3 Å². The number of rotatable bonds is 6. The Bertz CT molecular complexity index is 457. The molecular weight excluding hydrogens is 298 g/mol. The minimum Gasteiger partial charge on any atom is -0.351 e. The molecule has 0 spiro atoms. The first-order valence-corrected chi connectivity index (χ1v) is 7.30. The highest BCUT2D eigenvalue weighted by Gasteiger charge is 2.15. The van der Waals surface area contributed by atoms with Crippen molar-refractivity contribution in [3.05, 3.63) is 29.8 Å². The zero-order valence-corrected chi connectivity index (χ0v) is 13.1. The molecule has 1 aromatic rings. The van der Waals surface area contributed by atoms with Crippen molar-refractivity contribution >= 4 is 41.7 Å². The van der Waals surface area contributed by atoms with Gasteiger partial charge in [0.1, 0.15) is 0 Å². The maximum Gasteiger partial charge on any atom is 0.253 e. The summed E-state index contributed by atoms with van der Waals surface area (Å²) in [5.74, 6) is -0.357. The normalized spacial score (nSPS) is 11.2. The second kappa shape index (κ2) is 9.63. The molecular formula is C13H20ClN3O2S. The van der Waals surface area contributed by atoms with Crippen molar-refractivity contribution in [1.29, 1.82) is 0 Å². The minimum atomic E-state index is -0.238. The summed E-state index contributed by atoms with van der Waals surface area (Å²) in [4.78, 5) is 23.8. The van der Waals surface area contributed by atoms with Gasteiger partial charge in [-0.05, 0) is 25.3 Å². The molecule has 0 saturated heterocycles. The molecule has 0 saturated carbocycles. The number of hydrogen-bond donors (Lipinski definition) is 3. The molecule has 0 radical (unpaired) electrons. The lowest BCUT2D eigenvalue weighted by molar-refractivity contribution is -0.115. The molecule has 112 valence electrons. The quantitative estimate of drug-likeness (QED) is 0.742. The smallest absolute Gasteiger partial charge is 0.253 e. The van der Waals surface area contributed by atoms with Crippen molar-refractivity contribution in [1.82, 2.24) is 5.32 Å². The second-order valence-corrected chi connectivity index (χ2v) is 5.14. The number of benzene rings is 1. The van der Waals surface area contributed by atoms with Gasteiger partial charge in [-0.15, -0.1) is 12.4 Å². The molecule has 0 fully saturated rings. The fourth-order valence-electron chi connectivity index (χ4n) is 1.41. The summed E-state index contributed by atoms with van der Waals surface area (Å²) in [5.41, 5.74) is 6.30. The third-order valence-electron chi connectivity index (χ3n) is 2.58. The van der Waals surface area contributed by atoms with Gasteiger partial charge < -0.3 is 16.4 Å². The highest BCUT2D eigenvalue weighted by molar-refractivity contribution is 7.99. The van der Waals surface area contributed by atoms with Crippen LogP contribution in [-0.4, -0.2) is 36.4 Å². The van der Waals surface area contributed by atoms with E-state index in [4.69, 9.17) is 5.73 Å². The molecule has 0 aliphatic rings. The number of nitrogens with two attached hydrogens (primary N) is 1. The number of para-hydroxylation sites is 1. The molecule has 5 nitrogen and oxygen atoms in total. The van der Waals surface area contributed by atoms with Crippen LogP contribution in [0, 0.1) is 0 Å². The lowest BCUT2D eigenvalue weighted by atomic mass is 10.1. The van der Waals surface area contributed by atoms with Crippen molar-refractivity contribution in [3.63, 3.8) is 0 Å². The second-order valence-electron chi connectivity index (χ2n) is 3.96. The average Bonchev–Trinajstić information content (AvgIpc) is 2.44. The molecule has 0 heterocycles. The van der Waals surface area contributed by atoms with Crippen LogP contribution < -0.4 is 16.4 Å². The lowest BCUT2D eigenvalue weighted by Crippen LogP contribution is -2.30. The SMILES string of the molecule is CSC(C)C(=O)Nc1ccccc1C(=O)NCCN.Cl. The monoisotopic (exact) mass is 317 g/mol. The van der Waals surface area contributed by atoms with E-state index in [0.717, 1.165) is 0 Å². The van der Waals surface area contributed by atoms with Crippen LogP contribution in [0.5, 0.6) is 0 Å². The Morgan fingerprint density at radius 1 is 1.35 bits per heavy atom. The molecule has 7 heteroatoms. The number of carbonyl (C=O) groups is 2. The summed E-state index contributed by atoms with van der Waals surface area (Å²) in [6.07, 6.45) is 1.87. The van der Waals surface area contributed by atoms with Gasteiger partial charge in [-0.3, -0.25) is 9.59 Å². The predicted molar refractivity (Wildman–Crippen MR) is 86.7 cm³/mol. The molecule has 20 heavy (non-hydrogen) atoms. The largest absolute Gasteiger partial charge is 0.351 e. The van der Waals surface area contributed by atoms with Gasteiger partial charge >= 0.3 is 0 Å². The number of amides is 2. The standard InChI is InChI=1S/C13H19N3O2S.ClH/c1-9(19-2)12(17)16-11-6-4-3-5-10(11)13(18)15-8-7-14;/h3-6,9H,7-8,14H2,1-2H3,(H,15,18)(H,16,17);1H. The molecule has 1 unspecified atom stereocenters. The molecule has 0 aliphatic carbocycles. The van der Waals surface area contributed by atoms with Crippen LogP contribution in [0.3, 0.4) is 0 Å². The summed E-state index contributed by atoms with van der Waals surface area (Å²) in [6.45, 7) is 2.60. The Kier molecular flexibility index (Phi) is 9.03. The number of nitrogens with one attached hydrogen (secondary N) is 2. The predicted octanol–water partition coefficient (Wildman–Crippen LogP) is 1.49. The van der Waals surface area contributed by atoms with Crippen LogP contribution in [0.2, 0.25) is 0 Å². The number of thioether (sulfide) groups is 1. The zero-order valence-electron chi connectivity index (χ0n) is 11.5. The van der Waals surface area contributed by atoms with Crippen molar-refractivity contribution in [2.75, 3.05) is 24.7 Å². The lowest BCUT2D eigenvalue weighted by Gasteiger charge is -2.13. The van der Waals surface area contributed by atoms with Gasteiger partial charge in [0.25, 0.3) is 5.91 Å². The van der Waals surface area contributed by atoms with E-state index in [1.165, 1.54) is 11.8 Å². The first-order chi connectivity index (χ1) is 9.10. The maximum atomic E-state index is 11.9. The Morgan fingerprint density at radius 2 is 2.00 bits per heavy atom. The topological polar surface area (TPSA) is 84.2 Å². The zero-order chi connectivity index (χ0) is 14.3. The van der Waals surface area contributed by atoms with Gasteiger partial charge in [0.15, 0.2) is 0 Å². The summed E-state index contributed by atoms with van der Waals surface area (Å²) in [5, 5.41) is 5.29. The first-order valence-electron chi connectivity index (χ1n) is 6.01. The van der Waals surface area contributed by atoms with E-state index in [9.17, 15) is 9.59 Å². The Labute approximate surface area is 129 Å². The highest BCUT2D eigenvalue weighted by atomic mass is 35.5. The summed E-state index contributed by atoms with van der Waals surface area (Å²) in [6, 6.07) is 6.91. The number of hydrogen-bond acceptors (Lipinski definition) is 4. The van der Waals surface area contributed by atoms with E-state index in [0.29, 0.717) is 24.3 Å². The van der Waals surface area contributed by atoms with Gasteiger partial charge in [0.05, 0.1) is 16.5 Å². The van der Waals surface area contributed by atoms with E-state index < -0.39 is 0 Å². The Hall–Kier alpha value is -1.24. The molecule has 1 rings (SSSR count). The van der Waals surface area contributed by atoms with E-state index in [2.05, 4.69) is 10.6 Å². The minimum absolute atomic E-state index is 0. The van der Waals surface area contributed by atoms with Crippen molar-refractivity contribution in [3.8, 4) is 0 Å². The molecule has 0 bridgehead atoms. The molecule has 0 aromatic heterocycles. The number of carbonyl (C=O) groups excluding carboxylic acids is 2. The molecule has 4 N–H and O–H groups in total. The van der Waals surface area contributed by atoms with E-state index in [1.54, 1.807) is 24.3 Å². The van der Waals surface area contributed by atoms with Gasteiger partial charge in [0, 0.05) is 13.1 Å². The fourth-order valence-corrected chi connectivity index (χ4v) is 1.69. The van der Waals surface area contributed by atoms with Gasteiger partial charge in [-0.25, -0.2) is 0 Å². The Balaban J connectivity index is 0.00000361. The van der Waals surface area contributed by atoms with Gasteiger partial charge in [-0.2, -0.15) is 11.8 Å². The third kappa shape index (κ3) is 5.40. The van der Waals surface area contributed by atoms with E-state index in [-0.39, 0.29) is 29.5 Å². The Morgan fingerprint density at radius 3 is 2.60 bits per heavy atom. The number of anilines is 1. The van der Waals surface area contributed by atoms with Gasteiger partial charge in [-0.1, -0.05) is 12.1 Å². The maximum absolute atomic E-state index is 11.9. The summed E-state index contributed by atoms with van der Waals surface area (Å²) >= 11 is 1.45. The third-order valence-corrected chi connectivity index (χ3v) is 3.50. The van der Waals surface area contributed by atoms with Crippen LogP contribution in [-0.2, 0) is 4.79 Å². The van der Waals surface area contributed by atoms with Crippen LogP contribution in [0.4, 0.5) is 5.69 Å². The molecule has 1 aromatic carbocycles. The fraction of sp³-hybridized carbons (Fsp3) is 0.385. The summed E-state index contributed by atoms with van der Waals surface area (Å²) < 4.78 is 0. The first kappa shape index (κ1) is 18.8. The molecule has 1 atom stereocenters. The number of halogens is 1. The van der Waals surface area contributed by atoms with Crippen molar-refractivity contribution in [2.24, 2.45) is 5.73 Å². The molecule has 0 aliphatic heterocycles. The van der Waals surface area contributed by atoms with Crippen LogP contribution in [0.25, 0.3) is 0 Å². The van der Waals surface area contributed by atoms with Crippen LogP contribution >= 0.6 is 24.2 Å². The van der Waals surface area contributed by atoms with Crippen molar-refractivity contribution in [2.45, 2.75) is 12.2 Å².